The van der Waals surface area contributed by atoms with E-state index in [1.807, 2.05) is 29.5 Å². The Morgan fingerprint density at radius 1 is 1.54 bits per heavy atom. The van der Waals surface area contributed by atoms with Gasteiger partial charge in [-0.1, -0.05) is 18.5 Å². The summed E-state index contributed by atoms with van der Waals surface area (Å²) in [6.45, 7) is 4.30. The van der Waals surface area contributed by atoms with Crippen LogP contribution < -0.4 is 9.64 Å². The lowest BCUT2D eigenvalue weighted by Gasteiger charge is -2.32. The van der Waals surface area contributed by atoms with Crippen molar-refractivity contribution in [2.75, 3.05) is 38.2 Å². The quantitative estimate of drug-likeness (QED) is 0.815. The van der Waals surface area contributed by atoms with Crippen molar-refractivity contribution < 1.29 is 9.53 Å². The first-order valence-corrected chi connectivity index (χ1v) is 9.11. The van der Waals surface area contributed by atoms with Crippen LogP contribution in [0, 0.1) is 0 Å². The monoisotopic (exact) mass is 365 g/mol. The number of fused-ring (bicyclic) bond motifs is 1. The van der Waals surface area contributed by atoms with Crippen molar-refractivity contribution in [1.29, 1.82) is 0 Å². The maximum Gasteiger partial charge on any atom is 0.241 e. The van der Waals surface area contributed by atoms with Crippen LogP contribution in [0.2, 0.25) is 5.02 Å². The molecular formula is C17H20ClN3O2S. The van der Waals surface area contributed by atoms with Crippen LogP contribution in [0.1, 0.15) is 17.8 Å². The number of carbonyl (C=O) groups is 1. The van der Waals surface area contributed by atoms with Crippen LogP contribution in [0.5, 0.6) is 5.75 Å². The van der Waals surface area contributed by atoms with Crippen LogP contribution in [0.25, 0.3) is 0 Å². The fourth-order valence-corrected chi connectivity index (χ4v) is 3.62. The molecule has 5 nitrogen and oxygen atoms in total. The van der Waals surface area contributed by atoms with E-state index in [4.69, 9.17) is 16.3 Å². The molecule has 0 saturated carbocycles. The summed E-state index contributed by atoms with van der Waals surface area (Å²) in [5.74, 6) is 1.08. The Bertz CT molecular complexity index is 708. The molecular weight excluding hydrogens is 346 g/mol. The van der Waals surface area contributed by atoms with Crippen molar-refractivity contribution >= 4 is 34.5 Å². The van der Waals surface area contributed by atoms with Crippen LogP contribution >= 0.6 is 22.9 Å². The van der Waals surface area contributed by atoms with Crippen LogP contribution in [0.15, 0.2) is 29.8 Å². The zero-order valence-electron chi connectivity index (χ0n) is 13.7. The summed E-state index contributed by atoms with van der Waals surface area (Å²) in [4.78, 5) is 20.7. The number of halogens is 1. The van der Waals surface area contributed by atoms with Gasteiger partial charge in [0.2, 0.25) is 5.91 Å². The van der Waals surface area contributed by atoms with Gasteiger partial charge in [-0.15, -0.1) is 11.3 Å². The molecule has 1 amide bonds. The Morgan fingerprint density at radius 3 is 3.12 bits per heavy atom. The lowest BCUT2D eigenvalue weighted by Crippen LogP contribution is -2.42. The number of nitrogens with zero attached hydrogens (tertiary/aromatic N) is 3. The third-order valence-electron chi connectivity index (χ3n) is 4.05. The highest BCUT2D eigenvalue weighted by Gasteiger charge is 2.23. The number of amides is 1. The highest BCUT2D eigenvalue weighted by atomic mass is 35.5. The summed E-state index contributed by atoms with van der Waals surface area (Å²) in [6.07, 6.45) is 1.80. The minimum Gasteiger partial charge on any atom is -0.490 e. The van der Waals surface area contributed by atoms with Gasteiger partial charge < -0.3 is 14.5 Å². The molecule has 0 N–H and O–H groups in total. The molecule has 0 radical (unpaired) electrons. The number of thiazole rings is 1. The van der Waals surface area contributed by atoms with E-state index in [1.165, 1.54) is 0 Å². The van der Waals surface area contributed by atoms with Gasteiger partial charge in [-0.25, -0.2) is 4.98 Å². The molecule has 3 rings (SSSR count). The van der Waals surface area contributed by atoms with E-state index in [0.29, 0.717) is 31.3 Å². The molecule has 24 heavy (non-hydrogen) atoms. The number of hydrogen-bond acceptors (Lipinski definition) is 5. The molecule has 1 atom stereocenters. The topological polar surface area (TPSA) is 45.7 Å². The van der Waals surface area contributed by atoms with Gasteiger partial charge in [0.1, 0.15) is 12.4 Å². The van der Waals surface area contributed by atoms with Gasteiger partial charge in [-0.2, -0.15) is 0 Å². The molecule has 0 aliphatic carbocycles. The summed E-state index contributed by atoms with van der Waals surface area (Å²) in [5, 5.41) is 3.66. The summed E-state index contributed by atoms with van der Waals surface area (Å²) >= 11 is 7.71. The van der Waals surface area contributed by atoms with Gasteiger partial charge in [0.15, 0.2) is 0 Å². The number of aromatic nitrogens is 1. The van der Waals surface area contributed by atoms with Crippen molar-refractivity contribution in [1.82, 2.24) is 9.88 Å². The van der Waals surface area contributed by atoms with Crippen molar-refractivity contribution in [2.45, 2.75) is 12.8 Å². The third kappa shape index (κ3) is 3.82. The maximum absolute atomic E-state index is 12.6. The first-order chi connectivity index (χ1) is 11.5. The Kier molecular flexibility index (Phi) is 5.26. The summed E-state index contributed by atoms with van der Waals surface area (Å²) in [5.41, 5.74) is 0.878. The molecule has 128 valence electrons. The van der Waals surface area contributed by atoms with Crippen LogP contribution in [0.4, 0.5) is 5.69 Å². The molecule has 1 aliphatic heterocycles. The Hall–Kier alpha value is -1.79. The fourth-order valence-electron chi connectivity index (χ4n) is 2.76. The van der Waals surface area contributed by atoms with Crippen molar-refractivity contribution in [3.8, 4) is 5.75 Å². The molecule has 1 aliphatic rings. The minimum absolute atomic E-state index is 0.0752. The molecule has 7 heteroatoms. The highest BCUT2D eigenvalue weighted by molar-refractivity contribution is 7.09. The van der Waals surface area contributed by atoms with E-state index in [1.54, 1.807) is 28.5 Å². The van der Waals surface area contributed by atoms with Gasteiger partial charge in [0, 0.05) is 36.1 Å². The van der Waals surface area contributed by atoms with Crippen LogP contribution in [-0.4, -0.2) is 49.1 Å². The summed E-state index contributed by atoms with van der Waals surface area (Å²) in [6, 6.07) is 5.50. The lowest BCUT2D eigenvalue weighted by molar-refractivity contribution is -0.128. The van der Waals surface area contributed by atoms with E-state index >= 15 is 0 Å². The first kappa shape index (κ1) is 17.0. The van der Waals surface area contributed by atoms with Crippen LogP contribution in [-0.2, 0) is 4.79 Å². The largest absolute Gasteiger partial charge is 0.490 e. The van der Waals surface area contributed by atoms with Crippen LogP contribution in [0.3, 0.4) is 0 Å². The van der Waals surface area contributed by atoms with Crippen molar-refractivity contribution in [3.63, 3.8) is 0 Å². The van der Waals surface area contributed by atoms with E-state index in [-0.39, 0.29) is 11.8 Å². The van der Waals surface area contributed by atoms with Crippen molar-refractivity contribution in [2.24, 2.45) is 0 Å². The molecule has 2 aromatic rings. The standard InChI is InChI=1S/C17H20ClN3O2S/c1-12(17-19-5-8-24-17)10-20(2)16(22)11-21-6-7-23-15-4-3-13(18)9-14(15)21/h3-5,8-9,12H,6-7,10-11H2,1-2H3. The molecule has 1 aromatic heterocycles. The first-order valence-electron chi connectivity index (χ1n) is 7.85. The average molecular weight is 366 g/mol. The summed E-state index contributed by atoms with van der Waals surface area (Å²) in [7, 11) is 1.84. The molecule has 1 aromatic carbocycles. The molecule has 0 bridgehead atoms. The number of anilines is 1. The minimum atomic E-state index is 0.0752. The van der Waals surface area contributed by atoms with Crippen molar-refractivity contribution in [3.05, 3.63) is 39.8 Å². The Balaban J connectivity index is 1.64. The van der Waals surface area contributed by atoms with E-state index in [0.717, 1.165) is 16.4 Å². The molecule has 2 heterocycles. The second kappa shape index (κ2) is 7.40. The maximum atomic E-state index is 12.6. The fraction of sp³-hybridized carbons (Fsp3) is 0.412. The number of hydrogen-bond donors (Lipinski definition) is 0. The second-order valence-electron chi connectivity index (χ2n) is 5.93. The zero-order valence-corrected chi connectivity index (χ0v) is 15.3. The number of likely N-dealkylation sites (N-methyl/N-ethyl adjacent to an activating group) is 1. The third-order valence-corrected chi connectivity index (χ3v) is 5.30. The van der Waals surface area contributed by atoms with Gasteiger partial charge in [0.25, 0.3) is 0 Å². The number of benzene rings is 1. The van der Waals surface area contributed by atoms with E-state index < -0.39 is 0 Å². The molecule has 0 fully saturated rings. The second-order valence-corrected chi connectivity index (χ2v) is 7.29. The summed E-state index contributed by atoms with van der Waals surface area (Å²) < 4.78 is 5.63. The van der Waals surface area contributed by atoms with Gasteiger partial charge in [-0.3, -0.25) is 4.79 Å². The van der Waals surface area contributed by atoms with E-state index in [9.17, 15) is 4.79 Å². The molecule has 0 spiro atoms. The highest BCUT2D eigenvalue weighted by Crippen LogP contribution is 2.33. The number of rotatable bonds is 5. The molecule has 1 unspecified atom stereocenters. The average Bonchev–Trinajstić information content (AvgIpc) is 3.10. The number of carbonyl (C=O) groups excluding carboxylic acids is 1. The predicted octanol–water partition coefficient (Wildman–Crippen LogP) is 3.26. The van der Waals surface area contributed by atoms with Gasteiger partial charge >= 0.3 is 0 Å². The van der Waals surface area contributed by atoms with Gasteiger partial charge in [0.05, 0.1) is 23.8 Å². The van der Waals surface area contributed by atoms with Gasteiger partial charge in [-0.05, 0) is 18.2 Å². The lowest BCUT2D eigenvalue weighted by atomic mass is 10.2. The normalized spacial score (nSPS) is 14.7. The predicted molar refractivity (Wildman–Crippen MR) is 97.3 cm³/mol. The Labute approximate surface area is 150 Å². The molecule has 0 saturated heterocycles. The SMILES string of the molecule is CC(CN(C)C(=O)CN1CCOc2ccc(Cl)cc21)c1nccs1. The Morgan fingerprint density at radius 2 is 2.38 bits per heavy atom. The smallest absolute Gasteiger partial charge is 0.241 e. The van der Waals surface area contributed by atoms with E-state index in [2.05, 4.69) is 11.9 Å². The number of ether oxygens (including phenoxy) is 1. The zero-order chi connectivity index (χ0) is 17.1.